The van der Waals surface area contributed by atoms with Crippen molar-refractivity contribution in [3.05, 3.63) is 18.2 Å². The SMILES string of the molecule is COC1CN(S(=O)(=O)c2ccc(O)c(N)c2)CC1OC. The molecule has 2 atom stereocenters. The van der Waals surface area contributed by atoms with Gasteiger partial charge in [0, 0.05) is 27.3 Å². The summed E-state index contributed by atoms with van der Waals surface area (Å²) in [7, 11) is -0.643. The Labute approximate surface area is 117 Å². The number of methoxy groups -OCH3 is 2. The molecule has 112 valence electrons. The molecule has 0 saturated carbocycles. The second-order valence-electron chi connectivity index (χ2n) is 4.59. The topological polar surface area (TPSA) is 102 Å². The zero-order valence-corrected chi connectivity index (χ0v) is 12.1. The van der Waals surface area contributed by atoms with Crippen LogP contribution in [0, 0.1) is 0 Å². The molecule has 1 aliphatic heterocycles. The molecule has 2 unspecified atom stereocenters. The standard InChI is InChI=1S/C12H18N2O5S/c1-18-11-6-14(7-12(11)19-2)20(16,17)8-3-4-10(15)9(13)5-8/h3-5,11-12,15H,6-7,13H2,1-2H3. The largest absolute Gasteiger partial charge is 0.506 e. The second kappa shape index (κ2) is 5.57. The average Bonchev–Trinajstić information content (AvgIpc) is 2.85. The van der Waals surface area contributed by atoms with E-state index in [4.69, 9.17) is 15.2 Å². The highest BCUT2D eigenvalue weighted by Crippen LogP contribution is 2.28. The molecule has 0 amide bonds. The minimum Gasteiger partial charge on any atom is -0.506 e. The fraction of sp³-hybridized carbons (Fsp3) is 0.500. The Balaban J connectivity index is 2.29. The molecule has 0 spiro atoms. The molecule has 0 radical (unpaired) electrons. The molecule has 0 aromatic heterocycles. The van der Waals surface area contributed by atoms with Crippen LogP contribution in [0.1, 0.15) is 0 Å². The number of aromatic hydroxyl groups is 1. The van der Waals surface area contributed by atoms with Gasteiger partial charge in [-0.3, -0.25) is 0 Å². The summed E-state index contributed by atoms with van der Waals surface area (Å²) in [6, 6.07) is 3.83. The molecule has 7 nitrogen and oxygen atoms in total. The van der Waals surface area contributed by atoms with Gasteiger partial charge >= 0.3 is 0 Å². The molecule has 20 heavy (non-hydrogen) atoms. The summed E-state index contributed by atoms with van der Waals surface area (Å²) < 4.78 is 36.7. The maximum absolute atomic E-state index is 12.5. The number of rotatable bonds is 4. The highest BCUT2D eigenvalue weighted by atomic mass is 32.2. The number of sulfonamides is 1. The summed E-state index contributed by atoms with van der Waals surface area (Å²) in [4.78, 5) is 0.0411. The number of nitrogens with two attached hydrogens (primary N) is 1. The van der Waals surface area contributed by atoms with E-state index in [9.17, 15) is 13.5 Å². The Morgan fingerprint density at radius 1 is 1.25 bits per heavy atom. The Bertz CT molecular complexity index is 578. The van der Waals surface area contributed by atoms with Gasteiger partial charge in [-0.05, 0) is 18.2 Å². The first-order valence-corrected chi connectivity index (χ1v) is 7.48. The van der Waals surface area contributed by atoms with Crippen LogP contribution in [0.2, 0.25) is 0 Å². The Morgan fingerprint density at radius 3 is 2.25 bits per heavy atom. The van der Waals surface area contributed by atoms with Gasteiger partial charge in [-0.15, -0.1) is 0 Å². The highest BCUT2D eigenvalue weighted by Gasteiger charge is 2.39. The van der Waals surface area contributed by atoms with E-state index in [1.165, 1.54) is 36.7 Å². The fourth-order valence-corrected chi connectivity index (χ4v) is 3.70. The van der Waals surface area contributed by atoms with Crippen molar-refractivity contribution < 1.29 is 23.0 Å². The first kappa shape index (κ1) is 15.0. The lowest BCUT2D eigenvalue weighted by Crippen LogP contribution is -2.30. The van der Waals surface area contributed by atoms with Crippen LogP contribution >= 0.6 is 0 Å². The van der Waals surface area contributed by atoms with Crippen molar-refractivity contribution in [3.8, 4) is 5.75 Å². The number of hydrogen-bond acceptors (Lipinski definition) is 6. The minimum atomic E-state index is -3.68. The fourth-order valence-electron chi connectivity index (χ4n) is 2.20. The van der Waals surface area contributed by atoms with Crippen LogP contribution in [-0.2, 0) is 19.5 Å². The first-order valence-electron chi connectivity index (χ1n) is 6.04. The van der Waals surface area contributed by atoms with Crippen molar-refractivity contribution in [2.24, 2.45) is 0 Å². The molecule has 1 saturated heterocycles. The van der Waals surface area contributed by atoms with E-state index >= 15 is 0 Å². The van der Waals surface area contributed by atoms with E-state index in [1.54, 1.807) is 0 Å². The lowest BCUT2D eigenvalue weighted by atomic mass is 10.3. The van der Waals surface area contributed by atoms with Gasteiger partial charge in [-0.2, -0.15) is 4.31 Å². The highest BCUT2D eigenvalue weighted by molar-refractivity contribution is 7.89. The number of benzene rings is 1. The molecule has 1 aromatic rings. The Morgan fingerprint density at radius 2 is 1.80 bits per heavy atom. The lowest BCUT2D eigenvalue weighted by molar-refractivity contribution is -0.00461. The molecular formula is C12H18N2O5S. The van der Waals surface area contributed by atoms with Crippen LogP contribution in [0.3, 0.4) is 0 Å². The van der Waals surface area contributed by atoms with Crippen LogP contribution in [-0.4, -0.2) is 57.3 Å². The minimum absolute atomic E-state index is 0.0249. The number of nitrogens with zero attached hydrogens (tertiary/aromatic N) is 1. The van der Waals surface area contributed by atoms with E-state index in [-0.39, 0.29) is 41.6 Å². The van der Waals surface area contributed by atoms with Gasteiger partial charge in [0.15, 0.2) is 0 Å². The summed E-state index contributed by atoms with van der Waals surface area (Å²) in [5.74, 6) is -0.144. The van der Waals surface area contributed by atoms with Crippen molar-refractivity contribution in [3.63, 3.8) is 0 Å². The molecule has 0 aliphatic carbocycles. The zero-order valence-electron chi connectivity index (χ0n) is 11.3. The summed E-state index contributed by atoms with van der Waals surface area (Å²) in [5.41, 5.74) is 5.57. The molecule has 1 aliphatic rings. The van der Waals surface area contributed by atoms with E-state index in [0.717, 1.165) is 0 Å². The molecule has 0 bridgehead atoms. The first-order chi connectivity index (χ1) is 9.40. The third kappa shape index (κ3) is 2.59. The molecule has 1 aromatic carbocycles. The van der Waals surface area contributed by atoms with Crippen LogP contribution in [0.4, 0.5) is 5.69 Å². The Kier molecular flexibility index (Phi) is 4.19. The van der Waals surface area contributed by atoms with Crippen molar-refractivity contribution in [1.82, 2.24) is 4.31 Å². The third-order valence-electron chi connectivity index (χ3n) is 3.42. The quantitative estimate of drug-likeness (QED) is 0.600. The predicted molar refractivity (Wildman–Crippen MR) is 72.9 cm³/mol. The van der Waals surface area contributed by atoms with Gasteiger partial charge in [-0.25, -0.2) is 8.42 Å². The van der Waals surface area contributed by atoms with Gasteiger partial charge < -0.3 is 20.3 Å². The van der Waals surface area contributed by atoms with E-state index in [2.05, 4.69) is 0 Å². The van der Waals surface area contributed by atoms with E-state index < -0.39 is 10.0 Å². The summed E-state index contributed by atoms with van der Waals surface area (Å²) in [5, 5.41) is 9.36. The zero-order chi connectivity index (χ0) is 14.9. The third-order valence-corrected chi connectivity index (χ3v) is 5.25. The van der Waals surface area contributed by atoms with E-state index in [1.807, 2.05) is 0 Å². The summed E-state index contributed by atoms with van der Waals surface area (Å²) in [6.45, 7) is 0.441. The smallest absolute Gasteiger partial charge is 0.243 e. The number of phenolic OH excluding ortho intramolecular Hbond substituents is 1. The van der Waals surface area contributed by atoms with Crippen LogP contribution in [0.5, 0.6) is 5.75 Å². The van der Waals surface area contributed by atoms with Crippen molar-refractivity contribution >= 4 is 15.7 Å². The number of hydrogen-bond donors (Lipinski definition) is 2. The van der Waals surface area contributed by atoms with Gasteiger partial charge in [0.1, 0.15) is 5.75 Å². The number of phenols is 1. The van der Waals surface area contributed by atoms with Crippen molar-refractivity contribution in [2.75, 3.05) is 33.0 Å². The maximum atomic E-state index is 12.5. The second-order valence-corrected chi connectivity index (χ2v) is 6.53. The van der Waals surface area contributed by atoms with Crippen LogP contribution < -0.4 is 5.73 Å². The summed E-state index contributed by atoms with van der Waals surface area (Å²) >= 11 is 0. The van der Waals surface area contributed by atoms with Gasteiger partial charge in [-0.1, -0.05) is 0 Å². The van der Waals surface area contributed by atoms with Crippen molar-refractivity contribution in [2.45, 2.75) is 17.1 Å². The van der Waals surface area contributed by atoms with E-state index in [0.29, 0.717) is 0 Å². The normalized spacial score (nSPS) is 24.1. The summed E-state index contributed by atoms with van der Waals surface area (Å²) in [6.07, 6.45) is -0.603. The van der Waals surface area contributed by atoms with Crippen LogP contribution in [0.15, 0.2) is 23.1 Å². The van der Waals surface area contributed by atoms with Crippen LogP contribution in [0.25, 0.3) is 0 Å². The number of anilines is 1. The van der Waals surface area contributed by atoms with Gasteiger partial charge in [0.05, 0.1) is 22.8 Å². The Hall–Kier alpha value is -1.35. The van der Waals surface area contributed by atoms with Gasteiger partial charge in [0.25, 0.3) is 0 Å². The number of nitrogen functional groups attached to an aromatic ring is 1. The van der Waals surface area contributed by atoms with Crippen molar-refractivity contribution in [1.29, 1.82) is 0 Å². The predicted octanol–water partition coefficient (Wildman–Crippen LogP) is 0.00870. The van der Waals surface area contributed by atoms with Gasteiger partial charge in [0.2, 0.25) is 10.0 Å². The molecule has 1 fully saturated rings. The lowest BCUT2D eigenvalue weighted by Gasteiger charge is -2.16. The monoisotopic (exact) mass is 302 g/mol. The molecule has 8 heteroatoms. The number of ether oxygens (including phenoxy) is 2. The molecule has 3 N–H and O–H groups in total. The average molecular weight is 302 g/mol. The molecular weight excluding hydrogens is 284 g/mol. The molecule has 2 rings (SSSR count). The molecule has 1 heterocycles. The maximum Gasteiger partial charge on any atom is 0.243 e.